The van der Waals surface area contributed by atoms with E-state index in [1.165, 1.54) is 60.3 Å². The van der Waals surface area contributed by atoms with Crippen LogP contribution in [-0.2, 0) is 14.6 Å². The molecule has 0 saturated carbocycles. The Morgan fingerprint density at radius 1 is 1.00 bits per heavy atom. The van der Waals surface area contributed by atoms with Crippen LogP contribution in [0.5, 0.6) is 0 Å². The molecular formula is C22H18ClFN2O4S2. The van der Waals surface area contributed by atoms with Gasteiger partial charge >= 0.3 is 0 Å². The number of anilines is 2. The molecule has 3 aromatic rings. The Labute approximate surface area is 194 Å². The molecule has 0 aliphatic carbocycles. The monoisotopic (exact) mass is 492 g/mol. The van der Waals surface area contributed by atoms with Crippen LogP contribution in [0.15, 0.2) is 76.5 Å². The van der Waals surface area contributed by atoms with E-state index in [9.17, 15) is 22.4 Å². The fourth-order valence-corrected chi connectivity index (χ4v) is 4.23. The van der Waals surface area contributed by atoms with Gasteiger partial charge in [-0.25, -0.2) is 12.8 Å². The maximum absolute atomic E-state index is 12.9. The van der Waals surface area contributed by atoms with E-state index in [1.54, 1.807) is 18.2 Å². The fourth-order valence-electron chi connectivity index (χ4n) is 2.63. The molecule has 0 spiro atoms. The predicted molar refractivity (Wildman–Crippen MR) is 125 cm³/mol. The Morgan fingerprint density at radius 2 is 1.72 bits per heavy atom. The molecule has 166 valence electrons. The van der Waals surface area contributed by atoms with E-state index in [-0.39, 0.29) is 33.0 Å². The minimum Gasteiger partial charge on any atom is -0.325 e. The zero-order chi connectivity index (χ0) is 23.3. The molecule has 32 heavy (non-hydrogen) atoms. The highest BCUT2D eigenvalue weighted by Gasteiger charge is 2.14. The van der Waals surface area contributed by atoms with E-state index in [2.05, 4.69) is 10.6 Å². The van der Waals surface area contributed by atoms with Crippen molar-refractivity contribution in [2.75, 3.05) is 22.6 Å². The Morgan fingerprint density at radius 3 is 2.38 bits per heavy atom. The first kappa shape index (κ1) is 23.8. The third kappa shape index (κ3) is 6.56. The number of benzene rings is 3. The summed E-state index contributed by atoms with van der Waals surface area (Å²) in [7, 11) is -3.45. The lowest BCUT2D eigenvalue weighted by Gasteiger charge is -2.11. The van der Waals surface area contributed by atoms with Crippen molar-refractivity contribution < 1.29 is 22.4 Å². The second-order valence-electron chi connectivity index (χ2n) is 6.74. The minimum atomic E-state index is -3.45. The third-order valence-electron chi connectivity index (χ3n) is 4.21. The van der Waals surface area contributed by atoms with Gasteiger partial charge in [0.15, 0.2) is 9.84 Å². The first-order valence-electron chi connectivity index (χ1n) is 9.21. The summed E-state index contributed by atoms with van der Waals surface area (Å²) in [5.41, 5.74) is 0.913. The number of thioether (sulfide) groups is 1. The topological polar surface area (TPSA) is 92.3 Å². The standard InChI is InChI=1S/C22H18ClFN2O4S2/c1-32(29,30)18-4-2-3-14(11-18)22(28)26-20-10-7-16(12-19(20)23)25-21(27)13-31-17-8-5-15(24)6-9-17/h2-12H,13H2,1H3,(H,25,27)(H,26,28). The molecule has 0 saturated heterocycles. The molecule has 2 amide bonds. The number of amides is 2. The lowest BCUT2D eigenvalue weighted by atomic mass is 10.2. The van der Waals surface area contributed by atoms with E-state index in [4.69, 9.17) is 11.6 Å². The van der Waals surface area contributed by atoms with Gasteiger partial charge < -0.3 is 10.6 Å². The van der Waals surface area contributed by atoms with Gasteiger partial charge in [0.05, 0.1) is 21.4 Å². The first-order valence-corrected chi connectivity index (χ1v) is 12.5. The summed E-state index contributed by atoms with van der Waals surface area (Å²) >= 11 is 7.49. The molecule has 10 heteroatoms. The fraction of sp³-hybridized carbons (Fsp3) is 0.0909. The quantitative estimate of drug-likeness (QED) is 0.459. The highest BCUT2D eigenvalue weighted by molar-refractivity contribution is 8.00. The highest BCUT2D eigenvalue weighted by Crippen LogP contribution is 2.27. The zero-order valence-corrected chi connectivity index (χ0v) is 19.2. The molecule has 0 atom stereocenters. The van der Waals surface area contributed by atoms with Crippen LogP contribution in [0.1, 0.15) is 10.4 Å². The molecule has 6 nitrogen and oxygen atoms in total. The van der Waals surface area contributed by atoms with E-state index >= 15 is 0 Å². The van der Waals surface area contributed by atoms with Crippen LogP contribution in [0, 0.1) is 5.82 Å². The van der Waals surface area contributed by atoms with Crippen LogP contribution in [-0.4, -0.2) is 32.2 Å². The molecule has 0 fully saturated rings. The third-order valence-corrected chi connectivity index (χ3v) is 6.64. The lowest BCUT2D eigenvalue weighted by molar-refractivity contribution is -0.113. The van der Waals surface area contributed by atoms with Crippen LogP contribution in [0.2, 0.25) is 5.02 Å². The normalized spacial score (nSPS) is 11.1. The molecule has 0 aliphatic rings. The zero-order valence-electron chi connectivity index (χ0n) is 16.8. The van der Waals surface area contributed by atoms with E-state index in [0.717, 1.165) is 11.2 Å². The van der Waals surface area contributed by atoms with Gasteiger partial charge in [0.1, 0.15) is 5.82 Å². The molecule has 2 N–H and O–H groups in total. The molecule has 0 radical (unpaired) electrons. The molecule has 3 rings (SSSR count). The molecule has 3 aromatic carbocycles. The molecule has 0 heterocycles. The second-order valence-corrected chi connectivity index (χ2v) is 10.2. The molecular weight excluding hydrogens is 475 g/mol. The van der Waals surface area contributed by atoms with Crippen molar-refractivity contribution >= 4 is 56.4 Å². The second kappa shape index (κ2) is 10.2. The summed E-state index contributed by atoms with van der Waals surface area (Å²) < 4.78 is 36.3. The summed E-state index contributed by atoms with van der Waals surface area (Å²) in [6.45, 7) is 0. The van der Waals surface area contributed by atoms with Crippen molar-refractivity contribution in [1.29, 1.82) is 0 Å². The number of carbonyl (C=O) groups is 2. The summed E-state index contributed by atoms with van der Waals surface area (Å²) in [4.78, 5) is 25.4. The lowest BCUT2D eigenvalue weighted by Crippen LogP contribution is -2.15. The minimum absolute atomic E-state index is 0.0350. The van der Waals surface area contributed by atoms with E-state index in [1.807, 2.05) is 0 Å². The maximum atomic E-state index is 12.9. The predicted octanol–water partition coefficient (Wildman–Crippen LogP) is 4.87. The summed E-state index contributed by atoms with van der Waals surface area (Å²) in [5.74, 6) is -1.02. The van der Waals surface area contributed by atoms with Crippen LogP contribution < -0.4 is 10.6 Å². The van der Waals surface area contributed by atoms with Crippen molar-refractivity contribution in [3.8, 4) is 0 Å². The number of hydrogen-bond acceptors (Lipinski definition) is 5. The summed E-state index contributed by atoms with van der Waals surface area (Å²) in [6, 6.07) is 16.1. The number of rotatable bonds is 7. The number of carbonyl (C=O) groups excluding carboxylic acids is 2. The van der Waals surface area contributed by atoms with E-state index in [0.29, 0.717) is 11.4 Å². The van der Waals surface area contributed by atoms with Crippen LogP contribution in [0.3, 0.4) is 0 Å². The molecule has 0 aromatic heterocycles. The van der Waals surface area contributed by atoms with Crippen LogP contribution >= 0.6 is 23.4 Å². The van der Waals surface area contributed by atoms with Crippen molar-refractivity contribution in [2.24, 2.45) is 0 Å². The number of sulfone groups is 1. The Hall–Kier alpha value is -2.88. The van der Waals surface area contributed by atoms with Gasteiger partial charge in [-0.05, 0) is 60.7 Å². The van der Waals surface area contributed by atoms with Crippen molar-refractivity contribution in [2.45, 2.75) is 9.79 Å². The molecule has 0 aliphatic heterocycles. The number of hydrogen-bond donors (Lipinski definition) is 2. The number of nitrogens with one attached hydrogen (secondary N) is 2. The Kier molecular flexibility index (Phi) is 7.55. The van der Waals surface area contributed by atoms with Crippen molar-refractivity contribution in [3.05, 3.63) is 83.1 Å². The summed E-state index contributed by atoms with van der Waals surface area (Å²) in [6.07, 6.45) is 1.06. The first-order chi connectivity index (χ1) is 15.1. The highest BCUT2D eigenvalue weighted by atomic mass is 35.5. The SMILES string of the molecule is CS(=O)(=O)c1cccc(C(=O)Nc2ccc(NC(=O)CSc3ccc(F)cc3)cc2Cl)c1. The maximum Gasteiger partial charge on any atom is 0.255 e. The van der Waals surface area contributed by atoms with Gasteiger partial charge in [-0.3, -0.25) is 9.59 Å². The Bertz CT molecular complexity index is 1270. The van der Waals surface area contributed by atoms with Gasteiger partial charge in [-0.2, -0.15) is 0 Å². The molecule has 0 unspecified atom stereocenters. The molecule has 0 bridgehead atoms. The smallest absolute Gasteiger partial charge is 0.255 e. The van der Waals surface area contributed by atoms with Gasteiger partial charge in [0.25, 0.3) is 5.91 Å². The van der Waals surface area contributed by atoms with Crippen LogP contribution in [0.25, 0.3) is 0 Å². The average molecular weight is 493 g/mol. The van der Waals surface area contributed by atoms with Gasteiger partial charge in [0.2, 0.25) is 5.91 Å². The largest absolute Gasteiger partial charge is 0.325 e. The van der Waals surface area contributed by atoms with Crippen molar-refractivity contribution in [3.63, 3.8) is 0 Å². The summed E-state index contributed by atoms with van der Waals surface area (Å²) in [5, 5.41) is 5.52. The Balaban J connectivity index is 1.61. The number of halogens is 2. The van der Waals surface area contributed by atoms with Gasteiger partial charge in [0, 0.05) is 22.4 Å². The van der Waals surface area contributed by atoms with Crippen molar-refractivity contribution in [1.82, 2.24) is 0 Å². The van der Waals surface area contributed by atoms with Gasteiger partial charge in [-0.1, -0.05) is 17.7 Å². The van der Waals surface area contributed by atoms with Crippen LogP contribution in [0.4, 0.5) is 15.8 Å². The van der Waals surface area contributed by atoms with E-state index < -0.39 is 15.7 Å². The van der Waals surface area contributed by atoms with Gasteiger partial charge in [-0.15, -0.1) is 11.8 Å². The average Bonchev–Trinajstić information content (AvgIpc) is 2.74.